The van der Waals surface area contributed by atoms with Crippen LogP contribution in [0, 0.1) is 0 Å². The van der Waals surface area contributed by atoms with Crippen LogP contribution in [-0.2, 0) is 14.3 Å². The highest BCUT2D eigenvalue weighted by Gasteiger charge is 2.20. The maximum Gasteiger partial charge on any atom is 0.313 e. The van der Waals surface area contributed by atoms with Gasteiger partial charge in [-0.2, -0.15) is 0 Å². The van der Waals surface area contributed by atoms with E-state index in [4.69, 9.17) is 4.74 Å². The number of rotatable bonds is 17. The number of ether oxygens (including phenoxy) is 1. The third-order valence-electron chi connectivity index (χ3n) is 4.41. The number of Topliss-reactive ketones (excluding diaryl/α,β-unsaturated/α-hetero) is 1. The Hall–Kier alpha value is -1.68. The lowest BCUT2D eigenvalue weighted by molar-refractivity contribution is -0.156. The second kappa shape index (κ2) is 18.1. The molecule has 0 fully saturated rings. The summed E-state index contributed by atoms with van der Waals surface area (Å²) in [6.07, 6.45) is 22.8. The highest BCUT2D eigenvalue weighted by molar-refractivity contribution is 5.95. The Bertz CT molecular complexity index is 538. The van der Waals surface area contributed by atoms with Crippen molar-refractivity contribution in [2.24, 2.45) is 0 Å². The van der Waals surface area contributed by atoms with Crippen LogP contribution >= 0.6 is 0 Å². The average Bonchev–Trinajstić information content (AvgIpc) is 2.63. The molecule has 4 nitrogen and oxygen atoms in total. The summed E-state index contributed by atoms with van der Waals surface area (Å²) in [5, 5.41) is 9.98. The second-order valence-corrected chi connectivity index (χ2v) is 8.80. The predicted molar refractivity (Wildman–Crippen MR) is 125 cm³/mol. The minimum atomic E-state index is -0.659. The van der Waals surface area contributed by atoms with Crippen LogP contribution in [-0.4, -0.2) is 28.6 Å². The molecule has 0 saturated heterocycles. The number of aliphatic hydroxyl groups is 1. The Morgan fingerprint density at radius 3 is 2.07 bits per heavy atom. The molecule has 30 heavy (non-hydrogen) atoms. The normalized spacial score (nSPS) is 13.5. The van der Waals surface area contributed by atoms with Crippen molar-refractivity contribution >= 4 is 11.8 Å². The van der Waals surface area contributed by atoms with E-state index < -0.39 is 17.7 Å². The molecule has 1 atom stereocenters. The molecule has 0 aromatic heterocycles. The second-order valence-electron chi connectivity index (χ2n) is 8.80. The van der Waals surface area contributed by atoms with Gasteiger partial charge in [-0.05, 0) is 59.3 Å². The first-order valence-corrected chi connectivity index (χ1v) is 11.6. The fourth-order valence-corrected chi connectivity index (χ4v) is 2.97. The van der Waals surface area contributed by atoms with Gasteiger partial charge in [-0.15, -0.1) is 0 Å². The standard InChI is InChI=1S/C26H44O4/c1-5-6-7-8-9-10-11-12-13-14-15-16-17-18-19-20-23(27)21-24(28)22-25(29)30-26(2,3)4/h6-7,9-10,12-13,23,27H,5,8,11,14-22H2,1-4H3/t23-/m1/s1. The van der Waals surface area contributed by atoms with Gasteiger partial charge in [-0.1, -0.05) is 69.1 Å². The fraction of sp³-hybridized carbons (Fsp3) is 0.692. The number of unbranched alkanes of at least 4 members (excludes halogenated alkanes) is 5. The van der Waals surface area contributed by atoms with Crippen molar-refractivity contribution in [2.45, 2.75) is 116 Å². The summed E-state index contributed by atoms with van der Waals surface area (Å²) in [4.78, 5) is 23.5. The molecule has 172 valence electrons. The van der Waals surface area contributed by atoms with E-state index >= 15 is 0 Å². The lowest BCUT2D eigenvalue weighted by atomic mass is 10.0. The van der Waals surface area contributed by atoms with E-state index in [0.717, 1.165) is 44.9 Å². The van der Waals surface area contributed by atoms with Crippen molar-refractivity contribution < 1.29 is 19.4 Å². The van der Waals surface area contributed by atoms with Gasteiger partial charge in [-0.3, -0.25) is 9.59 Å². The SMILES string of the molecule is CCC=CCC=CCC=CCCCCCCC[C@@H](O)CC(=O)CC(=O)OC(C)(C)C. The molecule has 0 aliphatic carbocycles. The molecule has 0 saturated carbocycles. The Labute approximate surface area is 184 Å². The molecule has 0 aromatic carbocycles. The van der Waals surface area contributed by atoms with E-state index in [1.807, 2.05) is 0 Å². The van der Waals surface area contributed by atoms with Crippen LogP contribution in [0.5, 0.6) is 0 Å². The van der Waals surface area contributed by atoms with Gasteiger partial charge in [-0.25, -0.2) is 0 Å². The van der Waals surface area contributed by atoms with E-state index in [1.165, 1.54) is 12.8 Å². The fourth-order valence-electron chi connectivity index (χ4n) is 2.97. The number of hydrogen-bond donors (Lipinski definition) is 1. The number of aliphatic hydroxyl groups excluding tert-OH is 1. The monoisotopic (exact) mass is 420 g/mol. The van der Waals surface area contributed by atoms with Crippen LogP contribution in [0.15, 0.2) is 36.5 Å². The quantitative estimate of drug-likeness (QED) is 0.124. The van der Waals surface area contributed by atoms with Gasteiger partial charge in [0.1, 0.15) is 17.8 Å². The molecule has 0 radical (unpaired) electrons. The summed E-state index contributed by atoms with van der Waals surface area (Å²) in [6.45, 7) is 7.46. The highest BCUT2D eigenvalue weighted by atomic mass is 16.6. The van der Waals surface area contributed by atoms with Gasteiger partial charge in [0.2, 0.25) is 0 Å². The third-order valence-corrected chi connectivity index (χ3v) is 4.41. The minimum Gasteiger partial charge on any atom is -0.460 e. The van der Waals surface area contributed by atoms with Gasteiger partial charge in [0.15, 0.2) is 0 Å². The van der Waals surface area contributed by atoms with E-state index in [-0.39, 0.29) is 18.6 Å². The number of ketones is 1. The molecule has 0 heterocycles. The number of allylic oxidation sites excluding steroid dienone is 6. The Kier molecular flexibility index (Phi) is 17.1. The average molecular weight is 421 g/mol. The van der Waals surface area contributed by atoms with E-state index in [9.17, 15) is 14.7 Å². The molecular formula is C26H44O4. The van der Waals surface area contributed by atoms with Crippen molar-refractivity contribution in [3.8, 4) is 0 Å². The zero-order valence-electron chi connectivity index (χ0n) is 19.7. The van der Waals surface area contributed by atoms with Gasteiger partial charge < -0.3 is 9.84 Å². The lowest BCUT2D eigenvalue weighted by Crippen LogP contribution is -2.26. The molecule has 1 N–H and O–H groups in total. The zero-order chi connectivity index (χ0) is 22.7. The van der Waals surface area contributed by atoms with Gasteiger partial charge in [0.25, 0.3) is 0 Å². The lowest BCUT2D eigenvalue weighted by Gasteiger charge is -2.19. The first-order chi connectivity index (χ1) is 14.2. The molecule has 0 unspecified atom stereocenters. The minimum absolute atomic E-state index is 0.0351. The van der Waals surface area contributed by atoms with E-state index in [2.05, 4.69) is 43.4 Å². The Balaban J connectivity index is 3.59. The first-order valence-electron chi connectivity index (χ1n) is 11.6. The first kappa shape index (κ1) is 28.3. The number of esters is 1. The third kappa shape index (κ3) is 21.0. The zero-order valence-corrected chi connectivity index (χ0v) is 19.7. The van der Waals surface area contributed by atoms with E-state index in [0.29, 0.717) is 6.42 Å². The van der Waals surface area contributed by atoms with Crippen LogP contribution in [0.3, 0.4) is 0 Å². The van der Waals surface area contributed by atoms with Crippen LogP contribution in [0.25, 0.3) is 0 Å². The summed E-state index contributed by atoms with van der Waals surface area (Å²) in [7, 11) is 0. The maximum absolute atomic E-state index is 11.8. The Morgan fingerprint density at radius 2 is 1.43 bits per heavy atom. The molecule has 0 bridgehead atoms. The summed E-state index contributed by atoms with van der Waals surface area (Å²) < 4.78 is 5.13. The van der Waals surface area contributed by atoms with Crippen molar-refractivity contribution in [3.05, 3.63) is 36.5 Å². The van der Waals surface area contributed by atoms with E-state index in [1.54, 1.807) is 20.8 Å². The summed E-state index contributed by atoms with van der Waals surface area (Å²) >= 11 is 0. The van der Waals surface area contributed by atoms with Gasteiger partial charge in [0, 0.05) is 6.42 Å². The number of carbonyl (C=O) groups is 2. The van der Waals surface area contributed by atoms with Crippen LogP contribution in [0.1, 0.15) is 105 Å². The van der Waals surface area contributed by atoms with Gasteiger partial charge in [0.05, 0.1) is 6.10 Å². The highest BCUT2D eigenvalue weighted by Crippen LogP contribution is 2.13. The van der Waals surface area contributed by atoms with Crippen molar-refractivity contribution in [3.63, 3.8) is 0 Å². The summed E-state index contributed by atoms with van der Waals surface area (Å²) in [6, 6.07) is 0. The van der Waals surface area contributed by atoms with Crippen molar-refractivity contribution in [1.82, 2.24) is 0 Å². The summed E-state index contributed by atoms with van der Waals surface area (Å²) in [5.74, 6) is -0.773. The summed E-state index contributed by atoms with van der Waals surface area (Å²) in [5.41, 5.74) is -0.589. The largest absolute Gasteiger partial charge is 0.460 e. The van der Waals surface area contributed by atoms with Crippen LogP contribution < -0.4 is 0 Å². The smallest absolute Gasteiger partial charge is 0.313 e. The molecular weight excluding hydrogens is 376 g/mol. The molecule has 4 heteroatoms. The number of carbonyl (C=O) groups excluding carboxylic acids is 2. The van der Waals surface area contributed by atoms with Crippen molar-refractivity contribution in [1.29, 1.82) is 0 Å². The predicted octanol–water partition coefficient (Wildman–Crippen LogP) is 6.63. The molecule has 0 aliphatic rings. The molecule has 0 spiro atoms. The molecule has 0 aliphatic heterocycles. The van der Waals surface area contributed by atoms with Gasteiger partial charge >= 0.3 is 5.97 Å². The molecule has 0 rings (SSSR count). The topological polar surface area (TPSA) is 63.6 Å². The maximum atomic E-state index is 11.8. The van der Waals surface area contributed by atoms with Crippen LogP contribution in [0.4, 0.5) is 0 Å². The Morgan fingerprint density at radius 1 is 0.867 bits per heavy atom. The molecule has 0 aromatic rings. The molecule has 0 amide bonds. The van der Waals surface area contributed by atoms with Crippen molar-refractivity contribution in [2.75, 3.05) is 0 Å². The van der Waals surface area contributed by atoms with Crippen LogP contribution in [0.2, 0.25) is 0 Å². The number of hydrogen-bond acceptors (Lipinski definition) is 4.